The van der Waals surface area contributed by atoms with E-state index in [0.717, 1.165) is 24.3 Å². The van der Waals surface area contributed by atoms with Gasteiger partial charge in [-0.2, -0.15) is 0 Å². The van der Waals surface area contributed by atoms with Gasteiger partial charge in [-0.25, -0.2) is 0 Å². The molecule has 1 rings (SSSR count). The van der Waals surface area contributed by atoms with E-state index in [1.54, 1.807) is 13.8 Å². The summed E-state index contributed by atoms with van der Waals surface area (Å²) in [6.45, 7) is 6.79. The van der Waals surface area contributed by atoms with Crippen molar-refractivity contribution in [1.82, 2.24) is 0 Å². The van der Waals surface area contributed by atoms with E-state index in [4.69, 9.17) is 10.5 Å². The topological polar surface area (TPSA) is 67.5 Å². The van der Waals surface area contributed by atoms with E-state index in [-0.39, 0.29) is 0 Å². The maximum absolute atomic E-state index is 9.64. The number of hydrogen-bond donors (Lipinski definition) is 3. The molecule has 0 heterocycles. The predicted molar refractivity (Wildman–Crippen MR) is 76.0 cm³/mol. The van der Waals surface area contributed by atoms with Crippen molar-refractivity contribution in [2.75, 3.05) is 24.2 Å². The Bertz CT molecular complexity index is 373. The summed E-state index contributed by atoms with van der Waals surface area (Å²) in [4.78, 5) is 0. The standard InChI is InChI=1S/C14H24N2O2/c1-4-5-8-18-11-6-7-13(12(15)9-11)16-10-14(2,3)17/h6-7,9,16-17H,4-5,8,10,15H2,1-3H3. The van der Waals surface area contributed by atoms with Crippen molar-refractivity contribution in [2.45, 2.75) is 39.2 Å². The summed E-state index contributed by atoms with van der Waals surface area (Å²) in [6, 6.07) is 5.57. The minimum atomic E-state index is -0.761. The number of nitrogens with one attached hydrogen (secondary N) is 1. The average Bonchev–Trinajstić information content (AvgIpc) is 2.27. The van der Waals surface area contributed by atoms with Crippen molar-refractivity contribution in [3.63, 3.8) is 0 Å². The highest BCUT2D eigenvalue weighted by Crippen LogP contribution is 2.24. The zero-order valence-electron chi connectivity index (χ0n) is 11.5. The predicted octanol–water partition coefficient (Wildman–Crippen LogP) is 2.63. The SMILES string of the molecule is CCCCOc1ccc(NCC(C)(C)O)c(N)c1. The molecule has 0 saturated heterocycles. The van der Waals surface area contributed by atoms with Gasteiger partial charge in [-0.3, -0.25) is 0 Å². The van der Waals surface area contributed by atoms with E-state index in [1.807, 2.05) is 18.2 Å². The molecule has 0 amide bonds. The fraction of sp³-hybridized carbons (Fsp3) is 0.571. The minimum absolute atomic E-state index is 0.452. The highest BCUT2D eigenvalue weighted by Gasteiger charge is 2.12. The minimum Gasteiger partial charge on any atom is -0.494 e. The highest BCUT2D eigenvalue weighted by atomic mass is 16.5. The van der Waals surface area contributed by atoms with E-state index >= 15 is 0 Å². The zero-order valence-corrected chi connectivity index (χ0v) is 11.5. The van der Waals surface area contributed by atoms with Crippen LogP contribution < -0.4 is 15.8 Å². The largest absolute Gasteiger partial charge is 0.494 e. The van der Waals surface area contributed by atoms with Crippen LogP contribution in [0.2, 0.25) is 0 Å². The molecule has 0 aromatic heterocycles. The lowest BCUT2D eigenvalue weighted by Crippen LogP contribution is -2.29. The van der Waals surface area contributed by atoms with Crippen LogP contribution >= 0.6 is 0 Å². The molecule has 0 spiro atoms. The third-order valence-corrected chi connectivity index (χ3v) is 2.50. The summed E-state index contributed by atoms with van der Waals surface area (Å²) < 4.78 is 5.57. The molecule has 0 atom stereocenters. The van der Waals surface area contributed by atoms with Gasteiger partial charge in [0.05, 0.1) is 23.6 Å². The van der Waals surface area contributed by atoms with Crippen LogP contribution in [0.1, 0.15) is 33.6 Å². The van der Waals surface area contributed by atoms with Gasteiger partial charge in [-0.05, 0) is 32.4 Å². The van der Waals surface area contributed by atoms with Gasteiger partial charge in [0.2, 0.25) is 0 Å². The van der Waals surface area contributed by atoms with Gasteiger partial charge >= 0.3 is 0 Å². The summed E-state index contributed by atoms with van der Waals surface area (Å²) >= 11 is 0. The Labute approximate surface area is 109 Å². The Morgan fingerprint density at radius 3 is 2.67 bits per heavy atom. The Kier molecular flexibility index (Phi) is 5.28. The molecular formula is C14H24N2O2. The lowest BCUT2D eigenvalue weighted by Gasteiger charge is -2.19. The second-order valence-electron chi connectivity index (χ2n) is 5.12. The molecule has 18 heavy (non-hydrogen) atoms. The zero-order chi connectivity index (χ0) is 13.6. The van der Waals surface area contributed by atoms with Crippen LogP contribution in [-0.2, 0) is 0 Å². The fourth-order valence-corrected chi connectivity index (χ4v) is 1.44. The maximum Gasteiger partial charge on any atom is 0.121 e. The first kappa shape index (κ1) is 14.6. The van der Waals surface area contributed by atoms with E-state index in [0.29, 0.717) is 18.8 Å². The molecule has 4 heteroatoms. The lowest BCUT2D eigenvalue weighted by atomic mass is 10.1. The third-order valence-electron chi connectivity index (χ3n) is 2.50. The molecule has 1 aromatic carbocycles. The number of unbranched alkanes of at least 4 members (excludes halogenated alkanes) is 1. The molecule has 0 unspecified atom stereocenters. The van der Waals surface area contributed by atoms with E-state index < -0.39 is 5.60 Å². The smallest absolute Gasteiger partial charge is 0.121 e. The van der Waals surface area contributed by atoms with Crippen LogP contribution in [0.5, 0.6) is 5.75 Å². The van der Waals surface area contributed by atoms with Crippen molar-refractivity contribution >= 4 is 11.4 Å². The summed E-state index contributed by atoms with van der Waals surface area (Å²) in [5.41, 5.74) is 6.62. The Hall–Kier alpha value is -1.42. The third kappa shape index (κ3) is 5.27. The number of aliphatic hydroxyl groups is 1. The first-order valence-corrected chi connectivity index (χ1v) is 6.41. The molecule has 4 nitrogen and oxygen atoms in total. The van der Waals surface area contributed by atoms with Crippen LogP contribution in [0, 0.1) is 0 Å². The van der Waals surface area contributed by atoms with Crippen LogP contribution in [0.15, 0.2) is 18.2 Å². The number of ether oxygens (including phenoxy) is 1. The number of hydrogen-bond acceptors (Lipinski definition) is 4. The molecule has 1 aromatic rings. The Morgan fingerprint density at radius 2 is 2.11 bits per heavy atom. The molecule has 0 fully saturated rings. The molecule has 0 aliphatic carbocycles. The van der Waals surface area contributed by atoms with Crippen LogP contribution in [-0.4, -0.2) is 23.9 Å². The monoisotopic (exact) mass is 252 g/mol. The first-order valence-electron chi connectivity index (χ1n) is 6.41. The lowest BCUT2D eigenvalue weighted by molar-refractivity contribution is 0.0945. The van der Waals surface area contributed by atoms with Crippen molar-refractivity contribution in [3.8, 4) is 5.75 Å². The normalized spacial score (nSPS) is 11.3. The molecule has 4 N–H and O–H groups in total. The van der Waals surface area contributed by atoms with Crippen molar-refractivity contribution in [2.24, 2.45) is 0 Å². The molecule has 0 aliphatic heterocycles. The van der Waals surface area contributed by atoms with Gasteiger partial charge in [0.15, 0.2) is 0 Å². The molecule has 0 radical (unpaired) electrons. The van der Waals surface area contributed by atoms with Crippen molar-refractivity contribution in [3.05, 3.63) is 18.2 Å². The van der Waals surface area contributed by atoms with Crippen LogP contribution in [0.3, 0.4) is 0 Å². The number of anilines is 2. The van der Waals surface area contributed by atoms with Crippen molar-refractivity contribution in [1.29, 1.82) is 0 Å². The maximum atomic E-state index is 9.64. The van der Waals surface area contributed by atoms with Gasteiger partial charge in [0, 0.05) is 12.6 Å². The Morgan fingerprint density at radius 1 is 1.39 bits per heavy atom. The average molecular weight is 252 g/mol. The Balaban J connectivity index is 2.56. The molecule has 0 aliphatic rings. The number of rotatable bonds is 7. The number of benzene rings is 1. The van der Waals surface area contributed by atoms with E-state index in [1.165, 1.54) is 0 Å². The fourth-order valence-electron chi connectivity index (χ4n) is 1.44. The molecule has 0 bridgehead atoms. The first-order chi connectivity index (χ1) is 8.42. The number of nitrogens with two attached hydrogens (primary N) is 1. The summed E-state index contributed by atoms with van der Waals surface area (Å²) in [5, 5.41) is 12.8. The summed E-state index contributed by atoms with van der Waals surface area (Å²) in [6.07, 6.45) is 2.15. The van der Waals surface area contributed by atoms with Gasteiger partial charge in [-0.15, -0.1) is 0 Å². The summed E-state index contributed by atoms with van der Waals surface area (Å²) in [5.74, 6) is 0.787. The van der Waals surface area contributed by atoms with E-state index in [2.05, 4.69) is 12.2 Å². The number of nitrogen functional groups attached to an aromatic ring is 1. The highest BCUT2D eigenvalue weighted by molar-refractivity contribution is 5.68. The van der Waals surface area contributed by atoms with E-state index in [9.17, 15) is 5.11 Å². The molecule has 0 saturated carbocycles. The van der Waals surface area contributed by atoms with Gasteiger partial charge in [0.25, 0.3) is 0 Å². The second kappa shape index (κ2) is 6.50. The van der Waals surface area contributed by atoms with Gasteiger partial charge < -0.3 is 20.9 Å². The molecular weight excluding hydrogens is 228 g/mol. The van der Waals surface area contributed by atoms with Gasteiger partial charge in [-0.1, -0.05) is 13.3 Å². The summed E-state index contributed by atoms with van der Waals surface area (Å²) in [7, 11) is 0. The molecule has 102 valence electrons. The van der Waals surface area contributed by atoms with Crippen LogP contribution in [0.25, 0.3) is 0 Å². The second-order valence-corrected chi connectivity index (χ2v) is 5.12. The van der Waals surface area contributed by atoms with Crippen LogP contribution in [0.4, 0.5) is 11.4 Å². The van der Waals surface area contributed by atoms with Gasteiger partial charge in [0.1, 0.15) is 5.75 Å². The quantitative estimate of drug-likeness (QED) is 0.515. The van der Waals surface area contributed by atoms with Crippen molar-refractivity contribution < 1.29 is 9.84 Å².